The lowest BCUT2D eigenvalue weighted by Crippen LogP contribution is -2.32. The van der Waals surface area contributed by atoms with Crippen molar-refractivity contribution in [2.75, 3.05) is 16.8 Å². The third-order valence-corrected chi connectivity index (χ3v) is 4.38. The minimum Gasteiger partial charge on any atom is -0.326 e. The van der Waals surface area contributed by atoms with Crippen molar-refractivity contribution in [2.45, 2.75) is 26.2 Å². The van der Waals surface area contributed by atoms with Gasteiger partial charge < -0.3 is 10.2 Å². The summed E-state index contributed by atoms with van der Waals surface area (Å²) in [7, 11) is 0. The van der Waals surface area contributed by atoms with Crippen LogP contribution in [0.4, 0.5) is 11.4 Å². The first kappa shape index (κ1) is 20.7. The summed E-state index contributed by atoms with van der Waals surface area (Å²) in [6.07, 6.45) is 0.311. The van der Waals surface area contributed by atoms with Crippen molar-refractivity contribution in [2.24, 2.45) is 0 Å². The molecule has 2 aromatic carbocycles. The lowest BCUT2D eigenvalue weighted by molar-refractivity contribution is -0.122. The van der Waals surface area contributed by atoms with Gasteiger partial charge in [0.1, 0.15) is 5.82 Å². The predicted octanol–water partition coefficient (Wildman–Crippen LogP) is 3.45. The Morgan fingerprint density at radius 3 is 2.63 bits per heavy atom. The van der Waals surface area contributed by atoms with Gasteiger partial charge in [0, 0.05) is 36.3 Å². The molecule has 2 N–H and O–H groups in total. The first-order chi connectivity index (χ1) is 14.6. The molecule has 3 rings (SSSR count). The molecule has 0 spiro atoms. The number of aromatic amines is 1. The van der Waals surface area contributed by atoms with Gasteiger partial charge in [0.25, 0.3) is 0 Å². The average Bonchev–Trinajstić information content (AvgIpc) is 3.20. The van der Waals surface area contributed by atoms with Crippen LogP contribution in [0.5, 0.6) is 0 Å². The fraction of sp³-hybridized carbons (Fsp3) is 0.227. The molecule has 3 aromatic rings. The molecule has 0 bridgehead atoms. The van der Waals surface area contributed by atoms with Gasteiger partial charge in [-0.25, -0.2) is 4.98 Å². The van der Waals surface area contributed by atoms with E-state index >= 15 is 0 Å². The molecule has 0 unspecified atom stereocenters. The zero-order valence-corrected chi connectivity index (χ0v) is 16.6. The van der Waals surface area contributed by atoms with Crippen molar-refractivity contribution in [3.63, 3.8) is 0 Å². The van der Waals surface area contributed by atoms with Gasteiger partial charge >= 0.3 is 0 Å². The molecule has 8 heteroatoms. The molecule has 1 aromatic heterocycles. The Balaban J connectivity index is 1.59. The second-order valence-corrected chi connectivity index (χ2v) is 6.66. The third kappa shape index (κ3) is 5.52. The molecule has 2 amide bonds. The highest BCUT2D eigenvalue weighted by molar-refractivity contribution is 5.98. The number of carbonyl (C=O) groups excluding carboxylic acids is 2. The van der Waals surface area contributed by atoms with E-state index in [0.29, 0.717) is 29.6 Å². The molecular weight excluding hydrogens is 380 g/mol. The fourth-order valence-electron chi connectivity index (χ4n) is 2.95. The van der Waals surface area contributed by atoms with E-state index in [1.165, 1.54) is 0 Å². The van der Waals surface area contributed by atoms with Gasteiger partial charge in [-0.1, -0.05) is 30.3 Å². The number of hydrogen-bond donors (Lipinski definition) is 2. The van der Waals surface area contributed by atoms with E-state index in [-0.39, 0.29) is 31.1 Å². The smallest absolute Gasteiger partial charge is 0.227 e. The third-order valence-electron chi connectivity index (χ3n) is 4.38. The summed E-state index contributed by atoms with van der Waals surface area (Å²) in [5.41, 5.74) is 2.10. The second kappa shape index (κ2) is 9.98. The predicted molar refractivity (Wildman–Crippen MR) is 113 cm³/mol. The Labute approximate surface area is 174 Å². The minimum atomic E-state index is -0.264. The highest BCUT2D eigenvalue weighted by atomic mass is 16.2. The van der Waals surface area contributed by atoms with E-state index in [4.69, 9.17) is 5.26 Å². The molecule has 0 aliphatic heterocycles. The lowest BCUT2D eigenvalue weighted by Gasteiger charge is -2.21. The van der Waals surface area contributed by atoms with E-state index in [9.17, 15) is 9.59 Å². The van der Waals surface area contributed by atoms with E-state index in [1.807, 2.05) is 43.3 Å². The van der Waals surface area contributed by atoms with Crippen LogP contribution in [0.2, 0.25) is 0 Å². The van der Waals surface area contributed by atoms with E-state index in [2.05, 4.69) is 26.6 Å². The van der Waals surface area contributed by atoms with Gasteiger partial charge in [-0.3, -0.25) is 14.7 Å². The van der Waals surface area contributed by atoms with Gasteiger partial charge in [0.15, 0.2) is 5.82 Å². The van der Waals surface area contributed by atoms with Crippen LogP contribution in [0.15, 0.2) is 54.6 Å². The SMILES string of the molecule is Cc1nc(-c2cccc(NC(=O)CCC(=O)N(CCC#N)c3ccccc3)c2)n[nH]1. The van der Waals surface area contributed by atoms with Crippen LogP contribution in [0.1, 0.15) is 25.1 Å². The summed E-state index contributed by atoms with van der Waals surface area (Å²) < 4.78 is 0. The number of nitrogens with zero attached hydrogens (tertiary/aromatic N) is 4. The van der Waals surface area contributed by atoms with E-state index < -0.39 is 0 Å². The van der Waals surface area contributed by atoms with Crippen molar-refractivity contribution in [3.8, 4) is 17.5 Å². The van der Waals surface area contributed by atoms with Crippen molar-refractivity contribution in [1.29, 1.82) is 5.26 Å². The van der Waals surface area contributed by atoms with Gasteiger partial charge in [0.05, 0.1) is 12.5 Å². The van der Waals surface area contributed by atoms with E-state index in [0.717, 1.165) is 5.56 Å². The number of aryl methyl sites for hydroxylation is 1. The molecule has 0 atom stereocenters. The van der Waals surface area contributed by atoms with Crippen LogP contribution in [0.3, 0.4) is 0 Å². The minimum absolute atomic E-state index is 0.0404. The first-order valence-electron chi connectivity index (χ1n) is 9.58. The molecule has 8 nitrogen and oxygen atoms in total. The number of carbonyl (C=O) groups is 2. The number of para-hydroxylation sites is 1. The van der Waals surface area contributed by atoms with Crippen LogP contribution in [-0.4, -0.2) is 33.5 Å². The lowest BCUT2D eigenvalue weighted by atomic mass is 10.1. The first-order valence-corrected chi connectivity index (χ1v) is 9.58. The number of nitriles is 1. The quantitative estimate of drug-likeness (QED) is 0.599. The molecule has 0 radical (unpaired) electrons. The summed E-state index contributed by atoms with van der Waals surface area (Å²) >= 11 is 0. The Morgan fingerprint density at radius 1 is 1.13 bits per heavy atom. The fourth-order valence-corrected chi connectivity index (χ4v) is 2.95. The maximum atomic E-state index is 12.7. The number of rotatable bonds is 8. The molecule has 0 aliphatic carbocycles. The van der Waals surface area contributed by atoms with Crippen LogP contribution >= 0.6 is 0 Å². The highest BCUT2D eigenvalue weighted by Gasteiger charge is 2.17. The number of H-pyrrole nitrogens is 1. The topological polar surface area (TPSA) is 115 Å². The van der Waals surface area contributed by atoms with Crippen molar-refractivity contribution < 1.29 is 9.59 Å². The number of aromatic nitrogens is 3. The molecule has 0 fully saturated rings. The maximum Gasteiger partial charge on any atom is 0.227 e. The largest absolute Gasteiger partial charge is 0.326 e. The summed E-state index contributed by atoms with van der Waals surface area (Å²) in [6, 6.07) is 18.4. The number of nitrogens with one attached hydrogen (secondary N) is 2. The zero-order chi connectivity index (χ0) is 21.3. The summed E-state index contributed by atoms with van der Waals surface area (Å²) in [5.74, 6) is 0.795. The number of amides is 2. The molecular formula is C22H22N6O2. The Kier molecular flexibility index (Phi) is 6.90. The van der Waals surface area contributed by atoms with Gasteiger partial charge in [-0.05, 0) is 31.2 Å². The van der Waals surface area contributed by atoms with Crippen molar-refractivity contribution in [1.82, 2.24) is 15.2 Å². The Morgan fingerprint density at radius 2 is 1.93 bits per heavy atom. The van der Waals surface area contributed by atoms with Crippen LogP contribution < -0.4 is 10.2 Å². The Hall–Kier alpha value is -3.99. The molecule has 152 valence electrons. The molecule has 0 aliphatic rings. The number of anilines is 2. The number of benzene rings is 2. The van der Waals surface area contributed by atoms with E-state index in [1.54, 1.807) is 23.1 Å². The van der Waals surface area contributed by atoms with Gasteiger partial charge in [-0.2, -0.15) is 10.4 Å². The van der Waals surface area contributed by atoms with Crippen molar-refractivity contribution >= 4 is 23.2 Å². The summed E-state index contributed by atoms with van der Waals surface area (Å²) in [4.78, 5) is 30.9. The molecule has 0 saturated carbocycles. The normalized spacial score (nSPS) is 10.3. The van der Waals surface area contributed by atoms with Crippen molar-refractivity contribution in [3.05, 3.63) is 60.4 Å². The summed E-state index contributed by atoms with van der Waals surface area (Å²) in [5, 5.41) is 18.6. The zero-order valence-electron chi connectivity index (χ0n) is 16.6. The van der Waals surface area contributed by atoms with Gasteiger partial charge in [-0.15, -0.1) is 0 Å². The summed E-state index contributed by atoms with van der Waals surface area (Å²) in [6.45, 7) is 2.10. The molecule has 0 saturated heterocycles. The van der Waals surface area contributed by atoms with Crippen LogP contribution in [0.25, 0.3) is 11.4 Å². The average molecular weight is 402 g/mol. The van der Waals surface area contributed by atoms with Crippen LogP contribution in [0, 0.1) is 18.3 Å². The van der Waals surface area contributed by atoms with Gasteiger partial charge in [0.2, 0.25) is 11.8 Å². The van der Waals surface area contributed by atoms with Crippen LogP contribution in [-0.2, 0) is 9.59 Å². The molecule has 1 heterocycles. The Bertz CT molecular complexity index is 1050. The maximum absolute atomic E-state index is 12.7. The molecule has 30 heavy (non-hydrogen) atoms. The standard InChI is InChI=1S/C22H22N6O2/c1-16-24-22(27-26-16)17-7-5-8-18(15-17)25-20(29)11-12-21(30)28(14-6-13-23)19-9-3-2-4-10-19/h2-5,7-10,15H,6,11-12,14H2,1H3,(H,25,29)(H,24,26,27). The number of hydrogen-bond acceptors (Lipinski definition) is 5. The second-order valence-electron chi connectivity index (χ2n) is 6.66. The highest BCUT2D eigenvalue weighted by Crippen LogP contribution is 2.20. The monoisotopic (exact) mass is 402 g/mol.